The van der Waals surface area contributed by atoms with E-state index in [9.17, 15) is 5.11 Å². The van der Waals surface area contributed by atoms with Crippen LogP contribution in [0.4, 0.5) is 0 Å². The maximum atomic E-state index is 10.3. The first-order chi connectivity index (χ1) is 8.46. The van der Waals surface area contributed by atoms with Crippen LogP contribution in [0.15, 0.2) is 0 Å². The Morgan fingerprint density at radius 2 is 1.44 bits per heavy atom. The van der Waals surface area contributed by atoms with Crippen molar-refractivity contribution in [3.63, 3.8) is 0 Å². The second kappa shape index (κ2) is 3.98. The Balaban J connectivity index is 2.11. The van der Waals surface area contributed by atoms with E-state index in [2.05, 4.69) is 27.7 Å². The van der Waals surface area contributed by atoms with Crippen LogP contribution in [0.25, 0.3) is 0 Å². The van der Waals surface area contributed by atoms with Crippen LogP contribution in [-0.2, 0) is 0 Å². The fourth-order valence-corrected chi connectivity index (χ4v) is 7.36. The largest absolute Gasteiger partial charge is 0.396 e. The van der Waals surface area contributed by atoms with E-state index in [0.717, 1.165) is 17.8 Å². The predicted molar refractivity (Wildman–Crippen MR) is 75.2 cm³/mol. The topological polar surface area (TPSA) is 20.2 Å². The van der Waals surface area contributed by atoms with Gasteiger partial charge in [0, 0.05) is 12.0 Å². The van der Waals surface area contributed by atoms with E-state index in [1.165, 1.54) is 32.1 Å². The van der Waals surface area contributed by atoms with Crippen LogP contribution in [0.3, 0.4) is 0 Å². The Labute approximate surface area is 112 Å². The van der Waals surface area contributed by atoms with Gasteiger partial charge >= 0.3 is 0 Å². The molecule has 2 atom stereocenters. The fraction of sp³-hybridized carbons (Fsp3) is 1.00. The van der Waals surface area contributed by atoms with Crippen LogP contribution in [0, 0.1) is 40.4 Å². The zero-order chi connectivity index (χ0) is 13.1. The Morgan fingerprint density at radius 3 is 1.83 bits per heavy atom. The molecule has 1 nitrogen and oxygen atoms in total. The predicted octanol–water partition coefficient (Wildman–Crippen LogP) is 4.10. The third kappa shape index (κ3) is 1.32. The molecule has 0 radical (unpaired) electrons. The monoisotopic (exact) mass is 250 g/mol. The third-order valence-corrected chi connectivity index (χ3v) is 7.07. The van der Waals surface area contributed by atoms with Crippen molar-refractivity contribution < 1.29 is 5.11 Å². The minimum Gasteiger partial charge on any atom is -0.396 e. The molecule has 4 fully saturated rings. The highest BCUT2D eigenvalue weighted by Gasteiger charge is 2.66. The van der Waals surface area contributed by atoms with Crippen LogP contribution < -0.4 is 0 Å². The number of aliphatic hydroxyl groups is 1. The molecule has 0 aliphatic heterocycles. The van der Waals surface area contributed by atoms with E-state index in [-0.39, 0.29) is 5.41 Å². The summed E-state index contributed by atoms with van der Waals surface area (Å²) in [7, 11) is 0. The standard InChI is InChI=1S/C17H30O/c1-11(2)17(12(3)4)15-6-13-5-14(7-15)9-16(17,8-13)10-18/h11-15,18H,5-10H2,1-4H3. The van der Waals surface area contributed by atoms with Crippen LogP contribution in [-0.4, -0.2) is 11.7 Å². The first-order valence-electron chi connectivity index (χ1n) is 8.07. The quantitative estimate of drug-likeness (QED) is 0.799. The normalized spacial score (nSPS) is 45.2. The summed E-state index contributed by atoms with van der Waals surface area (Å²) in [6.07, 6.45) is 6.99. The molecular weight excluding hydrogens is 220 g/mol. The summed E-state index contributed by atoms with van der Waals surface area (Å²) >= 11 is 0. The van der Waals surface area contributed by atoms with Crippen molar-refractivity contribution in [2.24, 2.45) is 40.4 Å². The van der Waals surface area contributed by atoms with Crippen molar-refractivity contribution in [1.29, 1.82) is 0 Å². The molecule has 4 saturated carbocycles. The lowest BCUT2D eigenvalue weighted by atomic mass is 9.34. The molecule has 1 N–H and O–H groups in total. The Kier molecular flexibility index (Phi) is 2.86. The third-order valence-electron chi connectivity index (χ3n) is 7.07. The number of rotatable bonds is 3. The lowest BCUT2D eigenvalue weighted by Crippen LogP contribution is -2.65. The maximum absolute atomic E-state index is 10.3. The number of aliphatic hydroxyl groups excluding tert-OH is 1. The van der Waals surface area contributed by atoms with Gasteiger partial charge < -0.3 is 5.11 Å². The lowest BCUT2D eigenvalue weighted by molar-refractivity contribution is -0.235. The van der Waals surface area contributed by atoms with Crippen LogP contribution in [0.5, 0.6) is 0 Å². The lowest BCUT2D eigenvalue weighted by Gasteiger charge is -2.70. The van der Waals surface area contributed by atoms with Crippen molar-refractivity contribution in [2.45, 2.75) is 59.8 Å². The average molecular weight is 250 g/mol. The van der Waals surface area contributed by atoms with Gasteiger partial charge in [-0.15, -0.1) is 0 Å². The molecule has 4 aliphatic carbocycles. The van der Waals surface area contributed by atoms with Gasteiger partial charge in [0.05, 0.1) is 0 Å². The van der Waals surface area contributed by atoms with Gasteiger partial charge in [-0.05, 0) is 67.1 Å². The van der Waals surface area contributed by atoms with Crippen LogP contribution >= 0.6 is 0 Å². The van der Waals surface area contributed by atoms with Gasteiger partial charge in [0.2, 0.25) is 0 Å². The molecule has 0 aromatic heterocycles. The summed E-state index contributed by atoms with van der Waals surface area (Å²) in [5.41, 5.74) is 0.652. The molecule has 18 heavy (non-hydrogen) atoms. The highest BCUT2D eigenvalue weighted by Crippen LogP contribution is 2.72. The van der Waals surface area contributed by atoms with Crippen molar-refractivity contribution in [3.05, 3.63) is 0 Å². The molecule has 0 spiro atoms. The zero-order valence-electron chi connectivity index (χ0n) is 12.6. The Morgan fingerprint density at radius 1 is 0.944 bits per heavy atom. The van der Waals surface area contributed by atoms with E-state index in [1.807, 2.05) is 0 Å². The molecule has 0 saturated heterocycles. The molecule has 0 aromatic rings. The summed E-state index contributed by atoms with van der Waals surface area (Å²) in [5, 5.41) is 10.3. The number of hydrogen-bond acceptors (Lipinski definition) is 1. The van der Waals surface area contributed by atoms with E-state index in [4.69, 9.17) is 0 Å². The van der Waals surface area contributed by atoms with Gasteiger partial charge in [0.15, 0.2) is 0 Å². The van der Waals surface area contributed by atoms with E-state index in [1.54, 1.807) is 0 Å². The van der Waals surface area contributed by atoms with Gasteiger partial charge in [0.25, 0.3) is 0 Å². The van der Waals surface area contributed by atoms with Gasteiger partial charge in [-0.2, -0.15) is 0 Å². The van der Waals surface area contributed by atoms with E-state index >= 15 is 0 Å². The number of hydrogen-bond donors (Lipinski definition) is 1. The highest BCUT2D eigenvalue weighted by atomic mass is 16.3. The first-order valence-corrected chi connectivity index (χ1v) is 8.07. The minimum atomic E-state index is 0.254. The fourth-order valence-electron chi connectivity index (χ4n) is 7.36. The maximum Gasteiger partial charge on any atom is 0.0493 e. The molecule has 0 aromatic carbocycles. The SMILES string of the molecule is CC(C)C1(C(C)C)C2CC3CC(C2)CC1(CO)C3. The van der Waals surface area contributed by atoms with Crippen LogP contribution in [0.2, 0.25) is 0 Å². The van der Waals surface area contributed by atoms with Crippen molar-refractivity contribution in [2.75, 3.05) is 6.61 Å². The molecular formula is C17H30O. The van der Waals surface area contributed by atoms with Crippen LogP contribution in [0.1, 0.15) is 59.8 Å². The second-order valence-electron chi connectivity index (χ2n) is 8.23. The summed E-state index contributed by atoms with van der Waals surface area (Å²) in [6, 6.07) is 0. The minimum absolute atomic E-state index is 0.254. The zero-order valence-corrected chi connectivity index (χ0v) is 12.6. The van der Waals surface area contributed by atoms with Gasteiger partial charge in [-0.25, -0.2) is 0 Å². The molecule has 2 unspecified atom stereocenters. The van der Waals surface area contributed by atoms with Gasteiger partial charge in [-0.3, -0.25) is 0 Å². The molecule has 4 aliphatic rings. The van der Waals surface area contributed by atoms with E-state index < -0.39 is 0 Å². The Hall–Kier alpha value is -0.0400. The van der Waals surface area contributed by atoms with Crippen molar-refractivity contribution in [1.82, 2.24) is 0 Å². The highest BCUT2D eigenvalue weighted by molar-refractivity contribution is 5.15. The summed E-state index contributed by atoms with van der Waals surface area (Å²) in [4.78, 5) is 0. The second-order valence-corrected chi connectivity index (χ2v) is 8.23. The molecule has 4 bridgehead atoms. The van der Waals surface area contributed by atoms with Crippen molar-refractivity contribution in [3.8, 4) is 0 Å². The molecule has 0 heterocycles. The molecule has 1 heteroatoms. The van der Waals surface area contributed by atoms with E-state index in [0.29, 0.717) is 23.9 Å². The first kappa shape index (κ1) is 13.0. The van der Waals surface area contributed by atoms with Gasteiger partial charge in [0.1, 0.15) is 0 Å². The summed E-state index contributed by atoms with van der Waals surface area (Å²) in [6.45, 7) is 10.1. The van der Waals surface area contributed by atoms with Gasteiger partial charge in [-0.1, -0.05) is 27.7 Å². The molecule has 4 rings (SSSR count). The molecule has 104 valence electrons. The Bertz CT molecular complexity index is 309. The van der Waals surface area contributed by atoms with Crippen molar-refractivity contribution >= 4 is 0 Å². The summed E-state index contributed by atoms with van der Waals surface area (Å²) < 4.78 is 0. The molecule has 0 amide bonds. The smallest absolute Gasteiger partial charge is 0.0493 e. The summed E-state index contributed by atoms with van der Waals surface area (Å²) in [5.74, 6) is 4.15. The average Bonchev–Trinajstić information content (AvgIpc) is 2.26.